The van der Waals surface area contributed by atoms with Gasteiger partial charge in [0.2, 0.25) is 0 Å². The highest BCUT2D eigenvalue weighted by Crippen LogP contribution is 2.24. The van der Waals surface area contributed by atoms with Gasteiger partial charge in [0.25, 0.3) is 0 Å². The van der Waals surface area contributed by atoms with E-state index in [0.29, 0.717) is 12.5 Å². The molecule has 0 aromatic heterocycles. The zero-order chi connectivity index (χ0) is 14.8. The van der Waals surface area contributed by atoms with Crippen molar-refractivity contribution in [3.8, 4) is 6.07 Å². The molecule has 21 heavy (non-hydrogen) atoms. The van der Waals surface area contributed by atoms with E-state index in [1.165, 1.54) is 25.7 Å². The third-order valence-corrected chi connectivity index (χ3v) is 4.07. The number of oxime groups is 1. The Balaban J connectivity index is 1.80. The number of hydrogen-bond donors (Lipinski definition) is 0. The van der Waals surface area contributed by atoms with E-state index in [1.807, 2.05) is 36.5 Å². The SMILES string of the molecule is N#CC1CCCCCCC(/C=N/OCc2ccccc2)C1. The van der Waals surface area contributed by atoms with Crippen LogP contribution in [0.1, 0.15) is 50.5 Å². The molecular weight excluding hydrogens is 260 g/mol. The van der Waals surface area contributed by atoms with Crippen molar-refractivity contribution in [2.24, 2.45) is 17.0 Å². The predicted molar refractivity (Wildman–Crippen MR) is 84.6 cm³/mol. The molecule has 2 unspecified atom stereocenters. The van der Waals surface area contributed by atoms with Crippen LogP contribution in [0.25, 0.3) is 0 Å². The van der Waals surface area contributed by atoms with E-state index < -0.39 is 0 Å². The van der Waals surface area contributed by atoms with Crippen molar-refractivity contribution in [3.63, 3.8) is 0 Å². The van der Waals surface area contributed by atoms with Gasteiger partial charge in [-0.15, -0.1) is 0 Å². The summed E-state index contributed by atoms with van der Waals surface area (Å²) in [6.45, 7) is 0.506. The number of nitriles is 1. The van der Waals surface area contributed by atoms with Gasteiger partial charge in [0.1, 0.15) is 6.61 Å². The molecule has 1 aromatic carbocycles. The summed E-state index contributed by atoms with van der Waals surface area (Å²) in [6, 6.07) is 12.5. The quantitative estimate of drug-likeness (QED) is 0.594. The molecule has 3 nitrogen and oxygen atoms in total. The van der Waals surface area contributed by atoms with E-state index in [1.54, 1.807) is 0 Å². The summed E-state index contributed by atoms with van der Waals surface area (Å²) < 4.78 is 0. The largest absolute Gasteiger partial charge is 0.391 e. The van der Waals surface area contributed by atoms with Crippen molar-refractivity contribution in [2.75, 3.05) is 0 Å². The standard InChI is InChI=1S/C18H24N2O/c19-13-17-10-4-1-2-5-11-18(12-17)14-20-21-15-16-8-6-3-7-9-16/h3,6-9,14,17-18H,1-2,4-5,10-12,15H2/b20-14+. The Morgan fingerprint density at radius 2 is 1.90 bits per heavy atom. The summed E-state index contributed by atoms with van der Waals surface area (Å²) in [6.07, 6.45) is 9.94. The van der Waals surface area contributed by atoms with E-state index in [2.05, 4.69) is 11.2 Å². The lowest BCUT2D eigenvalue weighted by Crippen LogP contribution is -2.09. The van der Waals surface area contributed by atoms with Crippen LogP contribution < -0.4 is 0 Å². The Morgan fingerprint density at radius 1 is 1.14 bits per heavy atom. The monoisotopic (exact) mass is 284 g/mol. The first-order valence-electron chi connectivity index (χ1n) is 7.97. The van der Waals surface area contributed by atoms with Crippen LogP contribution in [0.5, 0.6) is 0 Å². The summed E-state index contributed by atoms with van der Waals surface area (Å²) in [5.41, 5.74) is 1.12. The van der Waals surface area contributed by atoms with Crippen molar-refractivity contribution in [1.82, 2.24) is 0 Å². The van der Waals surface area contributed by atoms with Crippen LogP contribution >= 0.6 is 0 Å². The van der Waals surface area contributed by atoms with Crippen molar-refractivity contribution in [3.05, 3.63) is 35.9 Å². The van der Waals surface area contributed by atoms with Crippen molar-refractivity contribution in [2.45, 2.75) is 51.6 Å². The number of hydrogen-bond acceptors (Lipinski definition) is 3. The maximum absolute atomic E-state index is 9.21. The maximum atomic E-state index is 9.21. The molecule has 0 spiro atoms. The second-order valence-electron chi connectivity index (χ2n) is 5.83. The van der Waals surface area contributed by atoms with Gasteiger partial charge < -0.3 is 4.84 Å². The fraction of sp³-hybridized carbons (Fsp3) is 0.556. The van der Waals surface area contributed by atoms with Gasteiger partial charge in [-0.3, -0.25) is 0 Å². The Bertz CT molecular complexity index is 464. The van der Waals surface area contributed by atoms with Crippen molar-refractivity contribution >= 4 is 6.21 Å². The summed E-state index contributed by atoms with van der Waals surface area (Å²) in [7, 11) is 0. The Labute approximate surface area is 127 Å². The first-order chi connectivity index (χ1) is 10.4. The average Bonchev–Trinajstić information content (AvgIpc) is 2.64. The molecule has 1 aliphatic carbocycles. The molecule has 0 amide bonds. The molecule has 0 heterocycles. The highest BCUT2D eigenvalue weighted by molar-refractivity contribution is 5.59. The van der Waals surface area contributed by atoms with Gasteiger partial charge in [0.05, 0.1) is 6.07 Å². The maximum Gasteiger partial charge on any atom is 0.142 e. The number of nitrogens with zero attached hydrogens (tertiary/aromatic N) is 2. The molecule has 1 aromatic rings. The minimum Gasteiger partial charge on any atom is -0.391 e. The van der Waals surface area contributed by atoms with Gasteiger partial charge in [-0.2, -0.15) is 5.26 Å². The zero-order valence-electron chi connectivity index (χ0n) is 12.6. The van der Waals surface area contributed by atoms with E-state index in [-0.39, 0.29) is 5.92 Å². The second kappa shape index (κ2) is 9.18. The molecule has 0 bridgehead atoms. The Kier molecular flexibility index (Phi) is 6.80. The average molecular weight is 284 g/mol. The van der Waals surface area contributed by atoms with Crippen molar-refractivity contribution < 1.29 is 4.84 Å². The first-order valence-corrected chi connectivity index (χ1v) is 7.97. The summed E-state index contributed by atoms with van der Waals surface area (Å²) in [5.74, 6) is 0.553. The molecule has 0 N–H and O–H groups in total. The predicted octanol–water partition coefficient (Wildman–Crippen LogP) is 4.69. The molecule has 1 saturated carbocycles. The van der Waals surface area contributed by atoms with Gasteiger partial charge in [-0.1, -0.05) is 61.2 Å². The third kappa shape index (κ3) is 5.99. The van der Waals surface area contributed by atoms with E-state index >= 15 is 0 Å². The lowest BCUT2D eigenvalue weighted by Gasteiger charge is -2.13. The molecule has 112 valence electrons. The fourth-order valence-corrected chi connectivity index (χ4v) is 2.82. The first kappa shape index (κ1) is 15.6. The smallest absolute Gasteiger partial charge is 0.142 e. The van der Waals surface area contributed by atoms with Crippen LogP contribution in [0.2, 0.25) is 0 Å². The highest BCUT2D eigenvalue weighted by Gasteiger charge is 2.16. The zero-order valence-corrected chi connectivity index (χ0v) is 12.6. The van der Waals surface area contributed by atoms with Gasteiger partial charge >= 0.3 is 0 Å². The normalized spacial score (nSPS) is 23.8. The molecule has 2 rings (SSSR count). The molecule has 3 heteroatoms. The molecule has 1 fully saturated rings. The lowest BCUT2D eigenvalue weighted by atomic mass is 9.91. The molecular formula is C18H24N2O. The lowest BCUT2D eigenvalue weighted by molar-refractivity contribution is 0.130. The Morgan fingerprint density at radius 3 is 2.67 bits per heavy atom. The van der Waals surface area contributed by atoms with Gasteiger partial charge in [-0.25, -0.2) is 0 Å². The second-order valence-corrected chi connectivity index (χ2v) is 5.83. The van der Waals surface area contributed by atoms with Gasteiger partial charge in [0, 0.05) is 12.1 Å². The van der Waals surface area contributed by atoms with Crippen LogP contribution in [0.4, 0.5) is 0 Å². The molecule has 0 radical (unpaired) electrons. The van der Waals surface area contributed by atoms with Gasteiger partial charge in [-0.05, 0) is 30.7 Å². The molecule has 1 aliphatic rings. The number of rotatable bonds is 4. The van der Waals surface area contributed by atoms with Crippen molar-refractivity contribution in [1.29, 1.82) is 5.26 Å². The minimum atomic E-state index is 0.175. The minimum absolute atomic E-state index is 0.175. The molecule has 0 saturated heterocycles. The van der Waals surface area contributed by atoms with E-state index in [9.17, 15) is 5.26 Å². The summed E-state index contributed by atoms with van der Waals surface area (Å²) in [4.78, 5) is 5.38. The molecule has 2 atom stereocenters. The Hall–Kier alpha value is -1.82. The van der Waals surface area contributed by atoms with Crippen LogP contribution in [0.15, 0.2) is 35.5 Å². The number of benzene rings is 1. The van der Waals surface area contributed by atoms with Crippen LogP contribution in [-0.4, -0.2) is 6.21 Å². The summed E-state index contributed by atoms with van der Waals surface area (Å²) in [5, 5.41) is 13.3. The summed E-state index contributed by atoms with van der Waals surface area (Å²) >= 11 is 0. The van der Waals surface area contributed by atoms with Crippen LogP contribution in [0, 0.1) is 23.2 Å². The highest BCUT2D eigenvalue weighted by atomic mass is 16.6. The van der Waals surface area contributed by atoms with Gasteiger partial charge in [0.15, 0.2) is 0 Å². The van der Waals surface area contributed by atoms with E-state index in [4.69, 9.17) is 4.84 Å². The van der Waals surface area contributed by atoms with Crippen LogP contribution in [0.3, 0.4) is 0 Å². The molecule has 0 aliphatic heterocycles. The fourth-order valence-electron chi connectivity index (χ4n) is 2.82. The van der Waals surface area contributed by atoms with Crippen LogP contribution in [-0.2, 0) is 11.4 Å². The van der Waals surface area contributed by atoms with E-state index in [0.717, 1.165) is 24.8 Å². The topological polar surface area (TPSA) is 45.4 Å². The third-order valence-electron chi connectivity index (χ3n) is 4.07.